The van der Waals surface area contributed by atoms with Gasteiger partial charge in [0.2, 0.25) is 48.6 Å². The van der Waals surface area contributed by atoms with Gasteiger partial charge in [-0.3, -0.25) is 0 Å². The molecule has 0 N–H and O–H groups in total. The second kappa shape index (κ2) is 47.5. The molecule has 26 nitrogen and oxygen atoms in total. The Balaban J connectivity index is 0. The lowest BCUT2D eigenvalue weighted by atomic mass is 10.1. The van der Waals surface area contributed by atoms with E-state index in [2.05, 4.69) is 39.9 Å². The summed E-state index contributed by atoms with van der Waals surface area (Å²) in [6.45, 7) is 5.54. The molecule has 0 saturated carbocycles. The summed E-state index contributed by atoms with van der Waals surface area (Å²) in [5.41, 5.74) is -2.24. The molecule has 0 spiro atoms. The van der Waals surface area contributed by atoms with E-state index in [4.69, 9.17) is 9.47 Å². The van der Waals surface area contributed by atoms with Gasteiger partial charge < -0.3 is 9.47 Å². The second-order valence-corrected chi connectivity index (χ2v) is 14.8. The van der Waals surface area contributed by atoms with Crippen LogP contribution >= 0.6 is 0 Å². The lowest BCUT2D eigenvalue weighted by molar-refractivity contribution is -0.145. The van der Waals surface area contributed by atoms with E-state index in [0.29, 0.717) is 116 Å². The minimum atomic E-state index is -1.02. The molecule has 26 heteroatoms. The number of aromatic nitrogens is 3. The molecule has 71 heavy (non-hydrogen) atoms. The third kappa shape index (κ3) is 32.7. The molecule has 3 unspecified atom stereocenters. The van der Waals surface area contributed by atoms with Crippen LogP contribution in [0.5, 0.6) is 0 Å². The maximum Gasteiger partial charge on any atom is 0.338 e. The summed E-state index contributed by atoms with van der Waals surface area (Å²) in [5.74, 6) is -1.20. The summed E-state index contributed by atoms with van der Waals surface area (Å²) < 4.78 is 12.5. The maximum absolute atomic E-state index is 13.2. The fraction of sp³-hybridized carbons (Fsp3) is 0.711. The Hall–Kier alpha value is -7.61. The van der Waals surface area contributed by atoms with Gasteiger partial charge in [0.25, 0.3) is 0 Å². The fourth-order valence-electron chi connectivity index (χ4n) is 6.22. The number of ether oxygens (including phenoxy) is 2. The zero-order valence-corrected chi connectivity index (χ0v) is 40.4. The van der Waals surface area contributed by atoms with Gasteiger partial charge in [0.1, 0.15) is 12.8 Å². The van der Waals surface area contributed by atoms with Gasteiger partial charge in [0.15, 0.2) is 12.1 Å². The van der Waals surface area contributed by atoms with E-state index in [1.54, 1.807) is 6.92 Å². The largest absolute Gasteiger partial charge is 0.464 e. The van der Waals surface area contributed by atoms with E-state index < -0.39 is 47.3 Å². The fourth-order valence-corrected chi connectivity index (χ4v) is 6.22. The number of hydrogen-bond acceptors (Lipinski definition) is 23. The van der Waals surface area contributed by atoms with Gasteiger partial charge in [-0.05, 0) is 84.0 Å². The van der Waals surface area contributed by atoms with Crippen LogP contribution < -0.4 is 17.1 Å². The topological polar surface area (TPSA) is 354 Å². The Bertz CT molecular complexity index is 2230. The molecule has 0 fully saturated rings. The van der Waals surface area contributed by atoms with Gasteiger partial charge in [0, 0.05) is 13.1 Å². The third-order valence-corrected chi connectivity index (χ3v) is 9.72. The van der Waals surface area contributed by atoms with Crippen LogP contribution in [0.1, 0.15) is 136 Å². The van der Waals surface area contributed by atoms with Crippen LogP contribution in [0.2, 0.25) is 0 Å². The molecule has 0 bridgehead atoms. The van der Waals surface area contributed by atoms with Crippen LogP contribution in [-0.2, 0) is 70.5 Å². The summed E-state index contributed by atoms with van der Waals surface area (Å²) in [7, 11) is 0. The van der Waals surface area contributed by atoms with Crippen molar-refractivity contribution in [3.63, 3.8) is 0 Å². The predicted octanol–water partition coefficient (Wildman–Crippen LogP) is 3.21. The number of esters is 2. The Morgan fingerprint density at radius 2 is 0.817 bits per heavy atom. The van der Waals surface area contributed by atoms with Gasteiger partial charge >= 0.3 is 29.0 Å². The number of carbonyl (C=O) groups is 2. The highest BCUT2D eigenvalue weighted by atomic mass is 16.5. The quantitative estimate of drug-likeness (QED) is 0.0397. The highest BCUT2D eigenvalue weighted by Crippen LogP contribution is 2.14. The number of isocyanates is 8. The number of carbonyl (C=O) groups excluding carboxylic acids is 10. The van der Waals surface area contributed by atoms with E-state index >= 15 is 0 Å². The molecule has 0 aliphatic carbocycles. The summed E-state index contributed by atoms with van der Waals surface area (Å²) in [4.78, 5) is 171. The first-order chi connectivity index (χ1) is 34.5. The van der Waals surface area contributed by atoms with Gasteiger partial charge in [-0.25, -0.2) is 101 Å². The first kappa shape index (κ1) is 65.5. The van der Waals surface area contributed by atoms with Crippen molar-refractivity contribution in [1.29, 1.82) is 0 Å². The Morgan fingerprint density at radius 3 is 1.21 bits per heavy atom. The molecule has 0 saturated heterocycles. The van der Waals surface area contributed by atoms with Crippen molar-refractivity contribution in [3.05, 3.63) is 31.5 Å². The minimum Gasteiger partial charge on any atom is -0.464 e. The molecular weight excluding hydrogens is 935 g/mol. The smallest absolute Gasteiger partial charge is 0.338 e. The van der Waals surface area contributed by atoms with Crippen molar-refractivity contribution in [2.24, 2.45) is 39.9 Å². The van der Waals surface area contributed by atoms with Gasteiger partial charge in [-0.2, -0.15) is 15.0 Å². The molecule has 0 amide bonds. The summed E-state index contributed by atoms with van der Waals surface area (Å²) in [5, 5.41) is 0. The number of rotatable bonds is 38. The molecule has 1 aromatic heterocycles. The number of nitrogens with zero attached hydrogens (tertiary/aromatic N) is 11. The van der Waals surface area contributed by atoms with E-state index in [1.165, 1.54) is 48.6 Å². The summed E-state index contributed by atoms with van der Waals surface area (Å²) in [6, 6.07) is -1.73. The van der Waals surface area contributed by atoms with Crippen LogP contribution in [0.15, 0.2) is 54.3 Å². The van der Waals surface area contributed by atoms with Crippen molar-refractivity contribution in [1.82, 2.24) is 13.7 Å². The summed E-state index contributed by atoms with van der Waals surface area (Å²) in [6.07, 6.45) is 21.3. The van der Waals surface area contributed by atoms with Crippen LogP contribution in [0.25, 0.3) is 0 Å². The molecule has 388 valence electrons. The summed E-state index contributed by atoms with van der Waals surface area (Å²) >= 11 is 0. The van der Waals surface area contributed by atoms with Crippen LogP contribution in [0.4, 0.5) is 0 Å². The van der Waals surface area contributed by atoms with Crippen molar-refractivity contribution in [2.45, 2.75) is 161 Å². The molecule has 3 atom stereocenters. The van der Waals surface area contributed by atoms with Gasteiger partial charge in [0.05, 0.1) is 39.3 Å². The number of aliphatic imine (C=N–C) groups is 8. The first-order valence-corrected chi connectivity index (χ1v) is 23.2. The number of hydrogen-bond donors (Lipinski definition) is 0. The van der Waals surface area contributed by atoms with Crippen molar-refractivity contribution in [2.75, 3.05) is 45.9 Å². The zero-order chi connectivity index (χ0) is 53.2. The van der Waals surface area contributed by atoms with Crippen molar-refractivity contribution < 1.29 is 57.4 Å². The SMILES string of the molecule is CCCCCC(N=C=O)n1c(=O)n(CCCCCCN=C=O)c(=O)n(CCCCCCN=C=O)c1=O.CCOC(=O)C(CCCCN=C=O)N=C=O.O=C=NCCCCC(N=C=O)C(=O)OCCN=C=O. The van der Waals surface area contributed by atoms with Crippen LogP contribution in [0.3, 0.4) is 0 Å². The van der Waals surface area contributed by atoms with E-state index in [1.807, 2.05) is 6.92 Å². The predicted molar refractivity (Wildman–Crippen MR) is 252 cm³/mol. The lowest BCUT2D eigenvalue weighted by Crippen LogP contribution is -2.55. The molecule has 0 aromatic carbocycles. The standard InChI is InChI=1S/C24H36N6O6.C11H13N3O5.C10H14N2O4/c1-2-3-8-13-21(27-20-33)30-23(35)28(16-11-6-4-9-14-25-18-31)22(34)29(24(30)36)17-12-7-5-10-15-26-19-32;15-7-12-4-2-1-3-10(14-9-17)11(18)19-6-5-13-8-16;1-2-16-10(15)9(12-8-14)5-3-4-6-11-7-13/h21H,2-17H2,1H3;10H,1-6H2;9H,2-6H2,1H3. The van der Waals surface area contributed by atoms with E-state index in [0.717, 1.165) is 39.4 Å². The maximum atomic E-state index is 13.2. The zero-order valence-electron chi connectivity index (χ0n) is 40.4. The van der Waals surface area contributed by atoms with Crippen LogP contribution in [0, 0.1) is 0 Å². The van der Waals surface area contributed by atoms with Gasteiger partial charge in [-0.1, -0.05) is 45.4 Å². The molecule has 1 rings (SSSR count). The highest BCUT2D eigenvalue weighted by Gasteiger charge is 2.22. The second-order valence-electron chi connectivity index (χ2n) is 14.8. The Morgan fingerprint density at radius 1 is 0.437 bits per heavy atom. The molecule has 1 heterocycles. The molecular formula is C45H63N11O15. The average molecular weight is 998 g/mol. The van der Waals surface area contributed by atoms with Crippen molar-refractivity contribution in [3.8, 4) is 0 Å². The van der Waals surface area contributed by atoms with Crippen LogP contribution in [-0.4, -0.2) is 132 Å². The molecule has 0 radical (unpaired) electrons. The first-order valence-electron chi connectivity index (χ1n) is 23.2. The lowest BCUT2D eigenvalue weighted by Gasteiger charge is -2.18. The van der Waals surface area contributed by atoms with E-state index in [9.17, 15) is 62.3 Å². The molecule has 0 aliphatic rings. The normalized spacial score (nSPS) is 10.9. The van der Waals surface area contributed by atoms with Gasteiger partial charge in [-0.15, -0.1) is 0 Å². The highest BCUT2D eigenvalue weighted by molar-refractivity contribution is 5.77. The van der Waals surface area contributed by atoms with E-state index in [-0.39, 0.29) is 32.8 Å². The Labute approximate surface area is 409 Å². The van der Waals surface area contributed by atoms with Crippen molar-refractivity contribution >= 4 is 60.6 Å². The third-order valence-electron chi connectivity index (χ3n) is 9.72. The number of unbranched alkanes of at least 4 members (excludes halogenated alkanes) is 10. The molecule has 0 aliphatic heterocycles. The monoisotopic (exact) mass is 997 g/mol. The minimum absolute atomic E-state index is 0.0147. The average Bonchev–Trinajstić information content (AvgIpc) is 3.36. The molecule has 1 aromatic rings. The Kier molecular flexibility index (Phi) is 43.8.